The van der Waals surface area contributed by atoms with Crippen LogP contribution in [0.2, 0.25) is 0 Å². The SMILES string of the molecule is Cc1ccc(/C=C2\c3cccc(O)c3C(O)=C3C(=O)[C@@]4(O)C(O)=C(C(N)=O)C(=O)[C@H](N(C)C)[C@H]4[C@H](O)[C@H]32)cc1. The summed E-state index contributed by atoms with van der Waals surface area (Å²) in [6, 6.07) is 10.4. The van der Waals surface area contributed by atoms with E-state index in [0.717, 1.165) is 5.56 Å². The van der Waals surface area contributed by atoms with Gasteiger partial charge in [-0.15, -0.1) is 0 Å². The summed E-state index contributed by atoms with van der Waals surface area (Å²) in [5, 5.41) is 56.7. The molecule has 0 spiro atoms. The number of carbonyl (C=O) groups is 3. The van der Waals surface area contributed by atoms with Gasteiger partial charge in [0.15, 0.2) is 11.4 Å². The molecule has 3 aliphatic rings. The zero-order valence-corrected chi connectivity index (χ0v) is 21.4. The number of aromatic hydroxyl groups is 1. The number of nitrogens with zero attached hydrogens (tertiary/aromatic N) is 1. The van der Waals surface area contributed by atoms with Gasteiger partial charge in [0.1, 0.15) is 22.8 Å². The van der Waals surface area contributed by atoms with Crippen molar-refractivity contribution < 1.29 is 39.9 Å². The maximum atomic E-state index is 14.1. The fourth-order valence-corrected chi connectivity index (χ4v) is 6.15. The highest BCUT2D eigenvalue weighted by molar-refractivity contribution is 6.25. The van der Waals surface area contributed by atoms with Crippen LogP contribution >= 0.6 is 0 Å². The molecule has 39 heavy (non-hydrogen) atoms. The smallest absolute Gasteiger partial charge is 0.255 e. The van der Waals surface area contributed by atoms with Crippen molar-refractivity contribution in [2.75, 3.05) is 14.1 Å². The lowest BCUT2D eigenvalue weighted by Crippen LogP contribution is -2.70. The van der Waals surface area contributed by atoms with Crippen molar-refractivity contribution in [1.82, 2.24) is 4.90 Å². The van der Waals surface area contributed by atoms with Gasteiger partial charge in [-0.1, -0.05) is 48.0 Å². The van der Waals surface area contributed by atoms with Crippen LogP contribution in [-0.2, 0) is 14.4 Å². The molecule has 0 unspecified atom stereocenters. The predicted molar refractivity (Wildman–Crippen MR) is 141 cm³/mol. The second kappa shape index (κ2) is 8.91. The Bertz CT molecular complexity index is 1530. The molecule has 10 heteroatoms. The number of carbonyl (C=O) groups excluding carboxylic acids is 3. The quantitative estimate of drug-likeness (QED) is 0.317. The Balaban J connectivity index is 1.86. The Morgan fingerprint density at radius 3 is 2.28 bits per heavy atom. The summed E-state index contributed by atoms with van der Waals surface area (Å²) in [4.78, 5) is 40.9. The monoisotopic (exact) mass is 532 g/mol. The molecule has 1 saturated carbocycles. The Hall–Kier alpha value is -4.25. The van der Waals surface area contributed by atoms with E-state index >= 15 is 0 Å². The Morgan fingerprint density at radius 2 is 1.69 bits per heavy atom. The van der Waals surface area contributed by atoms with Crippen LogP contribution < -0.4 is 5.73 Å². The molecule has 2 aromatic rings. The number of rotatable bonds is 3. The molecule has 5 rings (SSSR count). The molecule has 0 saturated heterocycles. The maximum Gasteiger partial charge on any atom is 0.255 e. The van der Waals surface area contributed by atoms with Gasteiger partial charge < -0.3 is 31.3 Å². The lowest BCUT2D eigenvalue weighted by atomic mass is 9.55. The number of Topliss-reactive ketones (excluding diaryl/α,β-unsaturated/α-hetero) is 2. The number of primary amides is 1. The number of nitrogens with two attached hydrogens (primary N) is 1. The van der Waals surface area contributed by atoms with Gasteiger partial charge >= 0.3 is 0 Å². The Labute approximate surface area is 223 Å². The molecular weight excluding hydrogens is 504 g/mol. The van der Waals surface area contributed by atoms with Gasteiger partial charge in [-0.25, -0.2) is 0 Å². The van der Waals surface area contributed by atoms with Crippen molar-refractivity contribution >= 4 is 34.9 Å². The van der Waals surface area contributed by atoms with Gasteiger partial charge in [-0.2, -0.15) is 0 Å². The highest BCUT2D eigenvalue weighted by Crippen LogP contribution is 2.56. The van der Waals surface area contributed by atoms with Crippen molar-refractivity contribution in [1.29, 1.82) is 0 Å². The van der Waals surface area contributed by atoms with Crippen LogP contribution in [0.25, 0.3) is 17.4 Å². The van der Waals surface area contributed by atoms with E-state index in [1.54, 1.807) is 18.2 Å². The van der Waals surface area contributed by atoms with Gasteiger partial charge in [0.2, 0.25) is 5.78 Å². The number of aliphatic hydroxyl groups is 4. The summed E-state index contributed by atoms with van der Waals surface area (Å²) in [6.07, 6.45) is -0.0276. The topological polar surface area (TPSA) is 182 Å². The number of aliphatic hydroxyl groups excluding tert-OH is 3. The fourth-order valence-electron chi connectivity index (χ4n) is 6.15. The number of aryl methyl sites for hydroxylation is 1. The van der Waals surface area contributed by atoms with E-state index < -0.39 is 69.7 Å². The third-order valence-corrected chi connectivity index (χ3v) is 7.93. The van der Waals surface area contributed by atoms with Gasteiger partial charge in [0.05, 0.1) is 29.2 Å². The van der Waals surface area contributed by atoms with E-state index in [1.165, 1.54) is 25.1 Å². The summed E-state index contributed by atoms with van der Waals surface area (Å²) in [6.45, 7) is 1.91. The van der Waals surface area contributed by atoms with Crippen LogP contribution in [0.4, 0.5) is 0 Å². The minimum atomic E-state index is -2.97. The third kappa shape index (κ3) is 3.56. The van der Waals surface area contributed by atoms with Crippen molar-refractivity contribution in [2.24, 2.45) is 17.6 Å². The molecule has 7 N–H and O–H groups in total. The molecule has 0 bridgehead atoms. The summed E-state index contributed by atoms with van der Waals surface area (Å²) in [7, 11) is 2.92. The van der Waals surface area contributed by atoms with E-state index in [4.69, 9.17) is 5.73 Å². The number of benzene rings is 2. The lowest BCUT2D eigenvalue weighted by molar-refractivity contribution is -0.166. The highest BCUT2D eigenvalue weighted by atomic mass is 16.4. The minimum absolute atomic E-state index is 0.0978. The summed E-state index contributed by atoms with van der Waals surface area (Å²) in [5.41, 5.74) is 3.21. The standard InChI is InChI=1S/C29H28N2O8/c1-12-7-9-13(10-8-12)11-15-14-5-4-6-16(32)17(14)23(33)19-18(15)24(34)21-22(31(2)3)25(35)20(28(30)38)27(37)29(21,39)26(19)36/h4-11,18,21-22,24,32-34,37,39H,1-3H3,(H2,30,38)/b15-11+/t18-,21-,22+,24+,29+/m0/s1. The van der Waals surface area contributed by atoms with Crippen LogP contribution in [0, 0.1) is 18.8 Å². The minimum Gasteiger partial charge on any atom is -0.508 e. The molecule has 3 aliphatic carbocycles. The van der Waals surface area contributed by atoms with Crippen LogP contribution in [0.15, 0.2) is 59.4 Å². The second-order valence-corrected chi connectivity index (χ2v) is 10.4. The summed E-state index contributed by atoms with van der Waals surface area (Å²) >= 11 is 0. The van der Waals surface area contributed by atoms with Crippen LogP contribution in [0.3, 0.4) is 0 Å². The van der Waals surface area contributed by atoms with Crippen LogP contribution in [0.1, 0.15) is 22.3 Å². The molecule has 1 amide bonds. The number of hydrogen-bond donors (Lipinski definition) is 6. The first kappa shape index (κ1) is 26.4. The number of phenolic OH excluding ortho intramolecular Hbond substituents is 1. The number of likely N-dealkylation sites (N-methyl/N-ethyl adjacent to an activating group) is 1. The number of fused-ring (bicyclic) bond motifs is 3. The zero-order chi connectivity index (χ0) is 28.5. The van der Waals surface area contributed by atoms with Gasteiger partial charge in [0, 0.05) is 5.92 Å². The Morgan fingerprint density at radius 1 is 1.05 bits per heavy atom. The summed E-state index contributed by atoms with van der Waals surface area (Å²) in [5.74, 6) is -8.78. The summed E-state index contributed by atoms with van der Waals surface area (Å²) < 4.78 is 0. The second-order valence-electron chi connectivity index (χ2n) is 10.4. The third-order valence-electron chi connectivity index (χ3n) is 7.93. The first-order chi connectivity index (χ1) is 18.3. The maximum absolute atomic E-state index is 14.1. The van der Waals surface area contributed by atoms with E-state index in [-0.39, 0.29) is 11.3 Å². The van der Waals surface area contributed by atoms with Gasteiger partial charge in [0.25, 0.3) is 5.91 Å². The molecule has 5 atom stereocenters. The van der Waals surface area contributed by atoms with Crippen molar-refractivity contribution in [3.8, 4) is 5.75 Å². The molecule has 0 aromatic heterocycles. The average molecular weight is 533 g/mol. The zero-order valence-electron chi connectivity index (χ0n) is 21.4. The van der Waals surface area contributed by atoms with E-state index in [2.05, 4.69) is 0 Å². The van der Waals surface area contributed by atoms with Crippen LogP contribution in [-0.4, -0.2) is 79.7 Å². The largest absolute Gasteiger partial charge is 0.508 e. The van der Waals surface area contributed by atoms with Crippen molar-refractivity contribution in [3.05, 3.63) is 81.6 Å². The molecule has 0 heterocycles. The number of ketones is 2. The number of phenols is 1. The number of amides is 1. The fraction of sp³-hybridized carbons (Fsp3) is 0.276. The van der Waals surface area contributed by atoms with E-state index in [9.17, 15) is 39.9 Å². The van der Waals surface area contributed by atoms with E-state index in [0.29, 0.717) is 16.7 Å². The molecule has 1 fully saturated rings. The van der Waals surface area contributed by atoms with Crippen LogP contribution in [0.5, 0.6) is 5.75 Å². The lowest BCUT2D eigenvalue weighted by Gasteiger charge is -2.53. The van der Waals surface area contributed by atoms with Crippen molar-refractivity contribution in [2.45, 2.75) is 24.7 Å². The Kier molecular flexibility index (Phi) is 6.02. The molecule has 10 nitrogen and oxygen atoms in total. The first-order valence-corrected chi connectivity index (χ1v) is 12.3. The molecule has 2 aromatic carbocycles. The van der Waals surface area contributed by atoms with Gasteiger partial charge in [-0.05, 0) is 43.8 Å². The van der Waals surface area contributed by atoms with E-state index in [1.807, 2.05) is 31.2 Å². The molecular formula is C29H28N2O8. The average Bonchev–Trinajstić information content (AvgIpc) is 2.86. The molecule has 202 valence electrons. The normalized spacial score (nSPS) is 29.4. The van der Waals surface area contributed by atoms with Crippen molar-refractivity contribution in [3.63, 3.8) is 0 Å². The molecule has 0 aliphatic heterocycles. The first-order valence-electron chi connectivity index (χ1n) is 12.3. The highest BCUT2D eigenvalue weighted by Gasteiger charge is 2.68. The molecule has 0 radical (unpaired) electrons. The van der Waals surface area contributed by atoms with Gasteiger partial charge in [-0.3, -0.25) is 19.3 Å². The predicted octanol–water partition coefficient (Wildman–Crippen LogP) is 1.24. The number of hydrogen-bond acceptors (Lipinski definition) is 9.